The molecule has 5 heteroatoms. The number of nitrogens with zero attached hydrogens (tertiary/aromatic N) is 1. The van der Waals surface area contributed by atoms with E-state index in [1.807, 2.05) is 12.1 Å². The summed E-state index contributed by atoms with van der Waals surface area (Å²) in [4.78, 5) is 3.56. The van der Waals surface area contributed by atoms with Gasteiger partial charge in [-0.25, -0.2) is 0 Å². The Bertz CT molecular complexity index is 826. The van der Waals surface area contributed by atoms with Crippen LogP contribution in [-0.4, -0.2) is 18.0 Å². The molecule has 2 nitrogen and oxygen atoms in total. The van der Waals surface area contributed by atoms with Gasteiger partial charge in [-0.3, -0.25) is 4.90 Å². The highest BCUT2D eigenvalue weighted by molar-refractivity contribution is 7.10. The molecule has 0 radical (unpaired) electrons. The second-order valence-electron chi connectivity index (χ2n) is 5.94. The summed E-state index contributed by atoms with van der Waals surface area (Å²) >= 11 is 9.11. The molecule has 0 amide bonds. The second-order valence-corrected chi connectivity index (χ2v) is 7.97. The lowest BCUT2D eigenvalue weighted by atomic mass is 10.2. The van der Waals surface area contributed by atoms with Crippen LogP contribution in [0.5, 0.6) is 5.75 Å². The van der Waals surface area contributed by atoms with Crippen LogP contribution in [0.3, 0.4) is 0 Å². The molecule has 0 saturated carbocycles. The second kappa shape index (κ2) is 9.93. The van der Waals surface area contributed by atoms with E-state index >= 15 is 0 Å². The van der Waals surface area contributed by atoms with Crippen molar-refractivity contribution in [2.24, 2.45) is 0 Å². The molecule has 0 atom stereocenters. The molecule has 0 aliphatic rings. The van der Waals surface area contributed by atoms with Crippen molar-refractivity contribution >= 4 is 34.3 Å². The van der Waals surface area contributed by atoms with Gasteiger partial charge in [0.25, 0.3) is 0 Å². The molecule has 2 heterocycles. The summed E-state index contributed by atoms with van der Waals surface area (Å²) in [6.07, 6.45) is 1.97. The zero-order chi connectivity index (χ0) is 18.2. The first kappa shape index (κ1) is 19.2. The van der Waals surface area contributed by atoms with Crippen LogP contribution in [0, 0.1) is 0 Å². The maximum absolute atomic E-state index is 6.02. The van der Waals surface area contributed by atoms with E-state index in [9.17, 15) is 0 Å². The molecular formula is C21H22ClNOS2. The third-order valence-electron chi connectivity index (χ3n) is 4.09. The van der Waals surface area contributed by atoms with E-state index < -0.39 is 0 Å². The van der Waals surface area contributed by atoms with Crippen LogP contribution in [-0.2, 0) is 13.2 Å². The number of benzene rings is 1. The van der Waals surface area contributed by atoms with E-state index in [0.717, 1.165) is 25.4 Å². The SMILES string of the molecule is CCN(CC=CCl)Cc1cccc(OCc2cc(-c3ccsc3)cs2)c1. The molecule has 136 valence electrons. The van der Waals surface area contributed by atoms with Gasteiger partial charge in [-0.1, -0.05) is 36.7 Å². The number of thiophene rings is 2. The van der Waals surface area contributed by atoms with Gasteiger partial charge in [0.2, 0.25) is 0 Å². The molecule has 26 heavy (non-hydrogen) atoms. The monoisotopic (exact) mass is 403 g/mol. The van der Waals surface area contributed by atoms with Crippen LogP contribution in [0.4, 0.5) is 0 Å². The Morgan fingerprint density at radius 2 is 2.08 bits per heavy atom. The minimum atomic E-state index is 0.602. The minimum absolute atomic E-state index is 0.602. The molecule has 0 unspecified atom stereocenters. The van der Waals surface area contributed by atoms with Crippen molar-refractivity contribution in [3.05, 3.63) is 74.6 Å². The third-order valence-corrected chi connectivity index (χ3v) is 5.87. The molecule has 2 aromatic heterocycles. The minimum Gasteiger partial charge on any atom is -0.488 e. The van der Waals surface area contributed by atoms with Gasteiger partial charge in [-0.15, -0.1) is 11.3 Å². The summed E-state index contributed by atoms with van der Waals surface area (Å²) in [5.41, 5.74) is 5.38. The summed E-state index contributed by atoms with van der Waals surface area (Å²) in [5, 5.41) is 6.48. The largest absolute Gasteiger partial charge is 0.488 e. The quantitative estimate of drug-likeness (QED) is 0.397. The van der Waals surface area contributed by atoms with Gasteiger partial charge in [0, 0.05) is 23.5 Å². The van der Waals surface area contributed by atoms with Crippen LogP contribution in [0.25, 0.3) is 11.1 Å². The first-order valence-corrected chi connectivity index (χ1v) is 10.8. The fraction of sp³-hybridized carbons (Fsp3) is 0.238. The molecule has 0 aliphatic carbocycles. The topological polar surface area (TPSA) is 12.5 Å². The molecule has 0 fully saturated rings. The van der Waals surface area contributed by atoms with Crippen molar-refractivity contribution in [3.8, 4) is 16.9 Å². The number of hydrogen-bond donors (Lipinski definition) is 0. The fourth-order valence-electron chi connectivity index (χ4n) is 2.68. The molecule has 0 bridgehead atoms. The van der Waals surface area contributed by atoms with Crippen LogP contribution in [0.15, 0.2) is 64.1 Å². The first-order chi connectivity index (χ1) is 12.8. The van der Waals surface area contributed by atoms with Gasteiger partial charge >= 0.3 is 0 Å². The number of rotatable bonds is 9. The smallest absolute Gasteiger partial charge is 0.122 e. The lowest BCUT2D eigenvalue weighted by Gasteiger charge is -2.18. The molecular weight excluding hydrogens is 382 g/mol. The van der Waals surface area contributed by atoms with Crippen molar-refractivity contribution < 1.29 is 4.74 Å². The zero-order valence-electron chi connectivity index (χ0n) is 14.7. The Hall–Kier alpha value is -1.59. The number of halogens is 1. The number of likely N-dealkylation sites (N-methyl/N-ethyl adjacent to an activating group) is 1. The van der Waals surface area contributed by atoms with Crippen LogP contribution < -0.4 is 4.74 Å². The summed E-state index contributed by atoms with van der Waals surface area (Å²) in [7, 11) is 0. The Balaban J connectivity index is 1.58. The Morgan fingerprint density at radius 3 is 2.85 bits per heavy atom. The van der Waals surface area contributed by atoms with Crippen molar-refractivity contribution in [2.45, 2.75) is 20.1 Å². The van der Waals surface area contributed by atoms with Crippen LogP contribution in [0.1, 0.15) is 17.4 Å². The Morgan fingerprint density at radius 1 is 1.15 bits per heavy atom. The Labute approximate surface area is 168 Å². The summed E-state index contributed by atoms with van der Waals surface area (Å²) in [6, 6.07) is 12.7. The highest BCUT2D eigenvalue weighted by atomic mass is 35.5. The average molecular weight is 404 g/mol. The van der Waals surface area contributed by atoms with Crippen molar-refractivity contribution in [1.29, 1.82) is 0 Å². The summed E-state index contributed by atoms with van der Waals surface area (Å²) in [5.74, 6) is 0.914. The zero-order valence-corrected chi connectivity index (χ0v) is 17.1. The Kier molecular flexibility index (Phi) is 7.32. The number of ether oxygens (including phenoxy) is 1. The van der Waals surface area contributed by atoms with E-state index in [0.29, 0.717) is 6.61 Å². The van der Waals surface area contributed by atoms with E-state index in [1.165, 1.54) is 21.6 Å². The normalized spacial score (nSPS) is 11.5. The third kappa shape index (κ3) is 5.45. The molecule has 0 spiro atoms. The van der Waals surface area contributed by atoms with Gasteiger partial charge in [0.1, 0.15) is 12.4 Å². The van der Waals surface area contributed by atoms with Gasteiger partial charge in [-0.2, -0.15) is 11.3 Å². The average Bonchev–Trinajstić information content (AvgIpc) is 3.35. The molecule has 1 aromatic carbocycles. The van der Waals surface area contributed by atoms with Crippen LogP contribution >= 0.6 is 34.3 Å². The lowest BCUT2D eigenvalue weighted by Crippen LogP contribution is -2.22. The molecule has 0 aliphatic heterocycles. The summed E-state index contributed by atoms with van der Waals surface area (Å²) < 4.78 is 6.02. The van der Waals surface area contributed by atoms with Gasteiger partial charge in [-0.05, 0) is 63.6 Å². The highest BCUT2D eigenvalue weighted by Crippen LogP contribution is 2.28. The molecule has 0 saturated heterocycles. The first-order valence-electron chi connectivity index (χ1n) is 8.57. The maximum Gasteiger partial charge on any atom is 0.122 e. The van der Waals surface area contributed by atoms with Crippen molar-refractivity contribution in [2.75, 3.05) is 13.1 Å². The number of hydrogen-bond acceptors (Lipinski definition) is 4. The standard InChI is InChI=1S/C21H22ClNOS2/c1-2-23(9-4-8-22)13-17-5-3-6-20(11-17)24-14-21-12-19(16-26-21)18-7-10-25-15-18/h3-8,10-12,15-16H,2,9,13-14H2,1H3. The van der Waals surface area contributed by atoms with Gasteiger partial charge in [0.15, 0.2) is 0 Å². The van der Waals surface area contributed by atoms with E-state index in [4.69, 9.17) is 16.3 Å². The maximum atomic E-state index is 6.02. The molecule has 0 N–H and O–H groups in total. The van der Waals surface area contributed by atoms with Crippen LogP contribution in [0.2, 0.25) is 0 Å². The predicted molar refractivity (Wildman–Crippen MR) is 114 cm³/mol. The summed E-state index contributed by atoms with van der Waals surface area (Å²) in [6.45, 7) is 5.48. The lowest BCUT2D eigenvalue weighted by molar-refractivity contribution is 0.301. The fourth-order valence-corrected chi connectivity index (χ4v) is 4.23. The molecule has 3 aromatic rings. The molecule has 3 rings (SSSR count). The van der Waals surface area contributed by atoms with E-state index in [1.54, 1.807) is 28.2 Å². The van der Waals surface area contributed by atoms with Gasteiger partial charge < -0.3 is 4.74 Å². The van der Waals surface area contributed by atoms with Gasteiger partial charge in [0.05, 0.1) is 0 Å². The van der Waals surface area contributed by atoms with E-state index in [-0.39, 0.29) is 0 Å². The predicted octanol–water partition coefficient (Wildman–Crippen LogP) is 6.63. The van der Waals surface area contributed by atoms with E-state index in [2.05, 4.69) is 58.3 Å². The van der Waals surface area contributed by atoms with Crippen molar-refractivity contribution in [1.82, 2.24) is 4.90 Å². The van der Waals surface area contributed by atoms with Crippen molar-refractivity contribution in [3.63, 3.8) is 0 Å². The highest BCUT2D eigenvalue weighted by Gasteiger charge is 2.06.